The Morgan fingerprint density at radius 1 is 0.630 bits per heavy atom. The molecule has 0 saturated heterocycles. The van der Waals surface area contributed by atoms with Gasteiger partial charge in [0.1, 0.15) is 0 Å². The normalized spacial score (nSPS) is 18.2. The van der Waals surface area contributed by atoms with Gasteiger partial charge in [0.2, 0.25) is 0 Å². The zero-order valence-electron chi connectivity index (χ0n) is 15.4. The minimum absolute atomic E-state index is 0.0851. The molecule has 0 aliphatic rings. The molecule has 27 heavy (non-hydrogen) atoms. The van der Waals surface area contributed by atoms with Crippen LogP contribution in [0.2, 0.25) is 0 Å². The number of alkyl halides is 10. The second-order valence-electron chi connectivity index (χ2n) is 7.19. The van der Waals surface area contributed by atoms with E-state index in [2.05, 4.69) is 6.92 Å². The lowest BCUT2D eigenvalue weighted by atomic mass is 9.84. The molecule has 0 aromatic carbocycles. The number of hydrogen-bond acceptors (Lipinski definition) is 0. The first-order chi connectivity index (χ1) is 12.0. The lowest BCUT2D eigenvalue weighted by Gasteiger charge is -2.39. The largest absolute Gasteiger partial charge is 0.457 e. The molecule has 0 fully saturated rings. The third kappa shape index (κ3) is 7.79. The highest BCUT2D eigenvalue weighted by molar-refractivity contribution is 14.1. The molecular weight excluding hydrogens is 502 g/mol. The molecule has 0 aliphatic carbocycles. The van der Waals surface area contributed by atoms with E-state index in [4.69, 9.17) is 0 Å². The standard InChI is InChI=1S/C17H26F9I/c1-3-4-5-6-7-8-9-10-11-13(2,27)12-14(18,16(21,22)23)15(19,20)17(24,25)26/h3-12H2,1-2H3. The lowest BCUT2D eigenvalue weighted by molar-refractivity contribution is -0.385. The van der Waals surface area contributed by atoms with E-state index in [9.17, 15) is 39.5 Å². The zero-order chi connectivity index (χ0) is 21.6. The monoisotopic (exact) mass is 528 g/mol. The minimum Gasteiger partial charge on any atom is -0.227 e. The van der Waals surface area contributed by atoms with E-state index in [-0.39, 0.29) is 6.42 Å². The van der Waals surface area contributed by atoms with E-state index >= 15 is 0 Å². The van der Waals surface area contributed by atoms with Gasteiger partial charge in [-0.1, -0.05) is 87.8 Å². The molecular formula is C17H26F9I. The SMILES string of the molecule is CCCCCCCCCCC(C)(I)CC(F)(C(F)(F)F)C(F)(F)C(F)(F)F. The smallest absolute Gasteiger partial charge is 0.227 e. The van der Waals surface area contributed by atoms with Gasteiger partial charge in [-0.3, -0.25) is 0 Å². The fraction of sp³-hybridized carbons (Fsp3) is 1.00. The summed E-state index contributed by atoms with van der Waals surface area (Å²) < 4.78 is 115. The lowest BCUT2D eigenvalue weighted by Crippen LogP contribution is -2.63. The highest BCUT2D eigenvalue weighted by atomic mass is 127. The maximum atomic E-state index is 14.2. The van der Waals surface area contributed by atoms with Crippen molar-refractivity contribution in [2.24, 2.45) is 0 Å². The van der Waals surface area contributed by atoms with Crippen molar-refractivity contribution >= 4 is 22.6 Å². The van der Waals surface area contributed by atoms with E-state index in [0.717, 1.165) is 45.4 Å². The summed E-state index contributed by atoms with van der Waals surface area (Å²) in [5.41, 5.74) is -5.67. The quantitative estimate of drug-likeness (QED) is 0.103. The molecule has 2 atom stereocenters. The summed E-state index contributed by atoms with van der Waals surface area (Å²) in [5, 5.41) is 0. The molecule has 0 spiro atoms. The van der Waals surface area contributed by atoms with Crippen LogP contribution in [-0.4, -0.2) is 27.4 Å². The maximum Gasteiger partial charge on any atom is 0.457 e. The molecule has 0 rings (SSSR count). The van der Waals surface area contributed by atoms with Gasteiger partial charge in [0.25, 0.3) is 5.67 Å². The second kappa shape index (κ2) is 10.2. The van der Waals surface area contributed by atoms with Crippen LogP contribution in [0.25, 0.3) is 0 Å². The topological polar surface area (TPSA) is 0 Å². The number of halogens is 10. The summed E-state index contributed by atoms with van der Waals surface area (Å²) in [6.07, 6.45) is -8.13. The summed E-state index contributed by atoms with van der Waals surface area (Å²) in [6.45, 7) is 3.14. The van der Waals surface area contributed by atoms with Gasteiger partial charge in [-0.15, -0.1) is 0 Å². The van der Waals surface area contributed by atoms with Crippen LogP contribution in [0.15, 0.2) is 0 Å². The molecule has 0 N–H and O–H groups in total. The summed E-state index contributed by atoms with van der Waals surface area (Å²) in [7, 11) is 0. The summed E-state index contributed by atoms with van der Waals surface area (Å²) in [4.78, 5) is 0. The Balaban J connectivity index is 4.88. The molecule has 10 heteroatoms. The molecule has 0 bridgehead atoms. The van der Waals surface area contributed by atoms with Crippen molar-refractivity contribution in [1.82, 2.24) is 0 Å². The predicted molar refractivity (Wildman–Crippen MR) is 95.2 cm³/mol. The van der Waals surface area contributed by atoms with Gasteiger partial charge < -0.3 is 0 Å². The Morgan fingerprint density at radius 2 is 1.04 bits per heavy atom. The van der Waals surface area contributed by atoms with Gasteiger partial charge >= 0.3 is 18.3 Å². The number of hydrogen-bond donors (Lipinski definition) is 0. The Kier molecular flexibility index (Phi) is 10.3. The molecule has 0 nitrogen and oxygen atoms in total. The Bertz CT molecular complexity index is 429. The van der Waals surface area contributed by atoms with Gasteiger partial charge in [-0.2, -0.15) is 35.1 Å². The van der Waals surface area contributed by atoms with Crippen molar-refractivity contribution in [3.05, 3.63) is 0 Å². The average Bonchev–Trinajstić information content (AvgIpc) is 2.47. The van der Waals surface area contributed by atoms with Crippen LogP contribution in [-0.2, 0) is 0 Å². The van der Waals surface area contributed by atoms with E-state index in [1.807, 2.05) is 0 Å². The van der Waals surface area contributed by atoms with Crippen LogP contribution in [0.5, 0.6) is 0 Å². The molecule has 0 aliphatic heterocycles. The van der Waals surface area contributed by atoms with Crippen LogP contribution in [0.3, 0.4) is 0 Å². The molecule has 2 unspecified atom stereocenters. The van der Waals surface area contributed by atoms with E-state index in [1.54, 1.807) is 0 Å². The molecule has 0 aromatic heterocycles. The predicted octanol–water partition coefficient (Wildman–Crippen LogP) is 8.57. The Morgan fingerprint density at radius 3 is 1.41 bits per heavy atom. The number of unbranched alkanes of at least 4 members (excludes halogenated alkanes) is 7. The van der Waals surface area contributed by atoms with Crippen LogP contribution >= 0.6 is 22.6 Å². The second-order valence-corrected chi connectivity index (χ2v) is 9.79. The van der Waals surface area contributed by atoms with E-state index in [1.165, 1.54) is 22.6 Å². The Hall–Kier alpha value is 0.1000. The highest BCUT2D eigenvalue weighted by Gasteiger charge is 2.81. The van der Waals surface area contributed by atoms with Crippen molar-refractivity contribution in [3.63, 3.8) is 0 Å². The molecule has 164 valence electrons. The van der Waals surface area contributed by atoms with Crippen LogP contribution in [0.4, 0.5) is 39.5 Å². The summed E-state index contributed by atoms with van der Waals surface area (Å²) in [5.74, 6) is -6.52. The molecule has 0 heterocycles. The Labute approximate surface area is 167 Å². The van der Waals surface area contributed by atoms with Gasteiger partial charge in [-0.05, 0) is 6.42 Å². The summed E-state index contributed by atoms with van der Waals surface area (Å²) in [6, 6.07) is 0. The molecule has 0 amide bonds. The van der Waals surface area contributed by atoms with Crippen molar-refractivity contribution < 1.29 is 39.5 Å². The first-order valence-corrected chi connectivity index (χ1v) is 9.99. The van der Waals surface area contributed by atoms with Crippen molar-refractivity contribution in [1.29, 1.82) is 0 Å². The van der Waals surface area contributed by atoms with Crippen molar-refractivity contribution in [2.45, 2.75) is 105 Å². The van der Waals surface area contributed by atoms with E-state index in [0.29, 0.717) is 12.8 Å². The van der Waals surface area contributed by atoms with Crippen molar-refractivity contribution in [3.8, 4) is 0 Å². The van der Waals surface area contributed by atoms with E-state index < -0.39 is 33.8 Å². The van der Waals surface area contributed by atoms with Crippen molar-refractivity contribution in [2.75, 3.05) is 0 Å². The third-order valence-electron chi connectivity index (χ3n) is 4.47. The van der Waals surface area contributed by atoms with Gasteiger partial charge in [-0.25, -0.2) is 4.39 Å². The summed E-state index contributed by atoms with van der Waals surface area (Å²) >= 11 is 1.35. The highest BCUT2D eigenvalue weighted by Crippen LogP contribution is 2.57. The third-order valence-corrected chi connectivity index (χ3v) is 5.39. The van der Waals surface area contributed by atoms with Gasteiger partial charge in [0, 0.05) is 9.84 Å². The van der Waals surface area contributed by atoms with Gasteiger partial charge in [0.05, 0.1) is 0 Å². The molecule has 0 aromatic rings. The average molecular weight is 528 g/mol. The number of rotatable bonds is 12. The van der Waals surface area contributed by atoms with Crippen LogP contribution < -0.4 is 0 Å². The minimum atomic E-state index is -6.64. The van der Waals surface area contributed by atoms with Crippen LogP contribution in [0.1, 0.15) is 78.1 Å². The fourth-order valence-corrected chi connectivity index (χ4v) is 3.74. The maximum absolute atomic E-state index is 14.2. The van der Waals surface area contributed by atoms with Crippen LogP contribution in [0, 0.1) is 0 Å². The van der Waals surface area contributed by atoms with Gasteiger partial charge in [0.15, 0.2) is 0 Å². The zero-order valence-corrected chi connectivity index (χ0v) is 17.5. The first kappa shape index (κ1) is 27.1. The fourth-order valence-electron chi connectivity index (χ4n) is 2.84. The first-order valence-electron chi connectivity index (χ1n) is 8.91. The molecule has 0 radical (unpaired) electrons. The molecule has 0 saturated carbocycles.